The average Bonchev–Trinajstić information content (AvgIpc) is 2.52. The molecule has 0 aliphatic heterocycles. The number of unbranched alkanes of at least 4 members (excludes halogenated alkanes) is 1. The van der Waals surface area contributed by atoms with Gasteiger partial charge >= 0.3 is 6.18 Å². The third-order valence-electron chi connectivity index (χ3n) is 3.36. The summed E-state index contributed by atoms with van der Waals surface area (Å²) in [6.45, 7) is 3.53. The van der Waals surface area contributed by atoms with Crippen LogP contribution in [0, 0.1) is 0 Å². The first-order valence-electron chi connectivity index (χ1n) is 7.22. The van der Waals surface area contributed by atoms with Gasteiger partial charge in [0, 0.05) is 0 Å². The topological polar surface area (TPSA) is 92.4 Å². The number of nitrogens with one attached hydrogen (secondary N) is 1. The van der Waals surface area contributed by atoms with Crippen molar-refractivity contribution >= 4 is 11.8 Å². The number of alkyl halides is 3. The van der Waals surface area contributed by atoms with Crippen molar-refractivity contribution in [2.24, 2.45) is 5.73 Å². The van der Waals surface area contributed by atoms with Crippen LogP contribution in [0.25, 0.3) is 0 Å². The van der Waals surface area contributed by atoms with Crippen LogP contribution in [0.4, 0.5) is 13.2 Å². The van der Waals surface area contributed by atoms with Crippen LogP contribution in [0.1, 0.15) is 36.5 Å². The van der Waals surface area contributed by atoms with Gasteiger partial charge in [0.05, 0.1) is 5.56 Å². The van der Waals surface area contributed by atoms with Crippen LogP contribution in [0.5, 0.6) is 0 Å². The molecule has 0 aromatic heterocycles. The zero-order valence-corrected chi connectivity index (χ0v) is 12.8. The third kappa shape index (κ3) is 5.69. The number of nitrogens with two attached hydrogens (primary N) is 1. The molecule has 1 rings (SSSR count). The summed E-state index contributed by atoms with van der Waals surface area (Å²) in [5.41, 5.74) is 4.28. The smallest absolute Gasteiger partial charge is 0.378 e. The summed E-state index contributed by atoms with van der Waals surface area (Å²) in [5, 5.41) is 12.2. The summed E-state index contributed by atoms with van der Waals surface area (Å²) in [6.07, 6.45) is -3.10. The standard InChI is InChI=1S/C16H19F3N2O3/c1-2-3-4-5-12(14(20)23)21-15(24)13(22)10-6-8-11(9-7-10)16(17,18)19/h2,6-9,12-13,22H,1,3-5H2,(H2,20,23)(H,21,24)/t12-,13-/m1/s1. The van der Waals surface area contributed by atoms with E-state index in [1.54, 1.807) is 6.08 Å². The lowest BCUT2D eigenvalue weighted by molar-refractivity contribution is -0.137. The Morgan fingerprint density at radius 3 is 2.33 bits per heavy atom. The molecular formula is C16H19F3N2O3. The summed E-state index contributed by atoms with van der Waals surface area (Å²) in [4.78, 5) is 23.3. The second-order valence-electron chi connectivity index (χ2n) is 5.21. The molecule has 0 radical (unpaired) electrons. The number of benzene rings is 1. The molecule has 0 unspecified atom stereocenters. The lowest BCUT2D eigenvalue weighted by Crippen LogP contribution is -2.46. The fourth-order valence-corrected chi connectivity index (χ4v) is 2.01. The van der Waals surface area contributed by atoms with Crippen LogP contribution in [-0.4, -0.2) is 23.0 Å². The van der Waals surface area contributed by atoms with Gasteiger partial charge in [0.1, 0.15) is 6.04 Å². The second-order valence-corrected chi connectivity index (χ2v) is 5.21. The van der Waals surface area contributed by atoms with Gasteiger partial charge < -0.3 is 16.2 Å². The number of allylic oxidation sites excluding steroid dienone is 1. The van der Waals surface area contributed by atoms with Gasteiger partial charge in [-0.2, -0.15) is 13.2 Å². The number of aliphatic hydroxyl groups is 1. The first-order valence-corrected chi connectivity index (χ1v) is 7.22. The summed E-state index contributed by atoms with van der Waals surface area (Å²) >= 11 is 0. The second kappa shape index (κ2) is 8.49. The molecular weight excluding hydrogens is 325 g/mol. The van der Waals surface area contributed by atoms with Crippen LogP contribution in [-0.2, 0) is 15.8 Å². The van der Waals surface area contributed by atoms with Gasteiger partial charge in [-0.25, -0.2) is 0 Å². The van der Waals surface area contributed by atoms with E-state index in [1.165, 1.54) is 0 Å². The van der Waals surface area contributed by atoms with Gasteiger partial charge in [0.2, 0.25) is 5.91 Å². The highest BCUT2D eigenvalue weighted by Gasteiger charge is 2.31. The van der Waals surface area contributed by atoms with E-state index in [0.717, 1.165) is 24.3 Å². The number of hydrogen-bond acceptors (Lipinski definition) is 3. The maximum absolute atomic E-state index is 12.5. The van der Waals surface area contributed by atoms with Crippen molar-refractivity contribution in [3.63, 3.8) is 0 Å². The summed E-state index contributed by atoms with van der Waals surface area (Å²) in [7, 11) is 0. The number of hydrogen-bond donors (Lipinski definition) is 3. The van der Waals surface area contributed by atoms with Gasteiger partial charge in [-0.1, -0.05) is 18.2 Å². The Hall–Kier alpha value is -2.35. The Kier molecular flexibility index (Phi) is 6.97. The molecule has 1 aromatic carbocycles. The molecule has 0 fully saturated rings. The van der Waals surface area contributed by atoms with E-state index < -0.39 is 35.7 Å². The van der Waals surface area contributed by atoms with Crippen molar-refractivity contribution < 1.29 is 27.9 Å². The van der Waals surface area contributed by atoms with Crippen LogP contribution >= 0.6 is 0 Å². The number of halogens is 3. The Morgan fingerprint density at radius 2 is 1.88 bits per heavy atom. The van der Waals surface area contributed by atoms with E-state index in [-0.39, 0.29) is 12.0 Å². The molecule has 8 heteroatoms. The molecule has 0 aliphatic rings. The molecule has 24 heavy (non-hydrogen) atoms. The van der Waals surface area contributed by atoms with Crippen molar-refractivity contribution in [2.75, 3.05) is 0 Å². The van der Waals surface area contributed by atoms with E-state index in [9.17, 15) is 27.9 Å². The lowest BCUT2D eigenvalue weighted by Gasteiger charge is -2.18. The molecule has 1 aromatic rings. The predicted octanol–water partition coefficient (Wildman–Crippen LogP) is 2.07. The highest BCUT2D eigenvalue weighted by atomic mass is 19.4. The zero-order chi connectivity index (χ0) is 18.3. The monoisotopic (exact) mass is 344 g/mol. The first kappa shape index (κ1) is 19.7. The minimum Gasteiger partial charge on any atom is -0.378 e. The van der Waals surface area contributed by atoms with E-state index in [0.29, 0.717) is 12.8 Å². The molecule has 0 saturated heterocycles. The normalized spacial score (nSPS) is 13.8. The molecule has 5 nitrogen and oxygen atoms in total. The quantitative estimate of drug-likeness (QED) is 0.498. The molecule has 0 heterocycles. The van der Waals surface area contributed by atoms with Gasteiger partial charge in [-0.3, -0.25) is 9.59 Å². The average molecular weight is 344 g/mol. The lowest BCUT2D eigenvalue weighted by atomic mass is 10.0. The number of amides is 2. The molecule has 0 saturated carbocycles. The fourth-order valence-electron chi connectivity index (χ4n) is 2.01. The van der Waals surface area contributed by atoms with Gasteiger partial charge in [0.15, 0.2) is 6.10 Å². The summed E-state index contributed by atoms with van der Waals surface area (Å²) in [5.74, 6) is -1.66. The third-order valence-corrected chi connectivity index (χ3v) is 3.36. The first-order chi connectivity index (χ1) is 11.2. The van der Waals surface area contributed by atoms with Crippen molar-refractivity contribution in [1.82, 2.24) is 5.32 Å². The number of rotatable bonds is 8. The molecule has 2 amide bonds. The van der Waals surface area contributed by atoms with E-state index in [2.05, 4.69) is 11.9 Å². The van der Waals surface area contributed by atoms with Crippen molar-refractivity contribution in [1.29, 1.82) is 0 Å². The van der Waals surface area contributed by atoms with Gasteiger partial charge in [0.25, 0.3) is 5.91 Å². The molecule has 132 valence electrons. The van der Waals surface area contributed by atoms with Crippen molar-refractivity contribution in [3.8, 4) is 0 Å². The number of primary amides is 1. The highest BCUT2D eigenvalue weighted by Crippen LogP contribution is 2.29. The maximum Gasteiger partial charge on any atom is 0.416 e. The van der Waals surface area contributed by atoms with Crippen molar-refractivity contribution in [2.45, 2.75) is 37.6 Å². The molecule has 0 spiro atoms. The van der Waals surface area contributed by atoms with Gasteiger partial charge in [-0.15, -0.1) is 6.58 Å². The van der Waals surface area contributed by atoms with Crippen LogP contribution in [0.2, 0.25) is 0 Å². The Balaban J connectivity index is 2.75. The molecule has 0 aliphatic carbocycles. The van der Waals surface area contributed by atoms with E-state index in [1.807, 2.05) is 0 Å². The predicted molar refractivity (Wildman–Crippen MR) is 81.6 cm³/mol. The SMILES string of the molecule is C=CCCC[C@@H](NC(=O)[C@H](O)c1ccc(C(F)(F)F)cc1)C(N)=O. The minimum atomic E-state index is -4.51. The minimum absolute atomic E-state index is 0.0187. The molecule has 4 N–H and O–H groups in total. The summed E-state index contributed by atoms with van der Waals surface area (Å²) in [6, 6.07) is 2.57. The summed E-state index contributed by atoms with van der Waals surface area (Å²) < 4.78 is 37.5. The number of carbonyl (C=O) groups is 2. The Morgan fingerprint density at radius 1 is 1.29 bits per heavy atom. The van der Waals surface area contributed by atoms with Gasteiger partial charge in [-0.05, 0) is 37.0 Å². The largest absolute Gasteiger partial charge is 0.416 e. The Bertz CT molecular complexity index is 585. The highest BCUT2D eigenvalue weighted by molar-refractivity contribution is 5.88. The van der Waals surface area contributed by atoms with Crippen LogP contribution in [0.15, 0.2) is 36.9 Å². The van der Waals surface area contributed by atoms with E-state index in [4.69, 9.17) is 5.73 Å². The van der Waals surface area contributed by atoms with Crippen LogP contribution < -0.4 is 11.1 Å². The van der Waals surface area contributed by atoms with Crippen LogP contribution in [0.3, 0.4) is 0 Å². The fraction of sp³-hybridized carbons (Fsp3) is 0.375. The number of aliphatic hydroxyl groups excluding tert-OH is 1. The molecule has 2 atom stereocenters. The Labute approximate surface area is 137 Å². The number of carbonyl (C=O) groups excluding carboxylic acids is 2. The van der Waals surface area contributed by atoms with Crippen molar-refractivity contribution in [3.05, 3.63) is 48.0 Å². The zero-order valence-electron chi connectivity index (χ0n) is 12.8. The molecule has 0 bridgehead atoms. The maximum atomic E-state index is 12.5. The van der Waals surface area contributed by atoms with E-state index >= 15 is 0 Å².